The van der Waals surface area contributed by atoms with E-state index in [4.69, 9.17) is 33.9 Å². The third-order valence-electron chi connectivity index (χ3n) is 7.55. The summed E-state index contributed by atoms with van der Waals surface area (Å²) in [6.45, 7) is 3.21. The molecule has 2 aliphatic rings. The highest BCUT2D eigenvalue weighted by molar-refractivity contribution is 6.36. The van der Waals surface area contributed by atoms with Gasteiger partial charge in [-0.25, -0.2) is 14.4 Å². The average Bonchev–Trinajstić information content (AvgIpc) is 3.27. The topological polar surface area (TPSA) is 131 Å². The highest BCUT2D eigenvalue weighted by atomic mass is 35.5. The first-order chi connectivity index (χ1) is 18.7. The number of amides is 2. The standard InChI is InChI=1S/C26H31Cl2FN8O2/c1-2-21(38)36-9-3-4-16(13-36)32-25-31-12-20-24(35-25)37(17-7-5-14(6-8-17)23(30)39)26(33-20)34-22-18(28)10-15(27)11-19(22)29/h10-12,14,16-17H,2-9,13H2,1H3,(H2,30,39)(H,33,34)(H,31,32,35). The van der Waals surface area contributed by atoms with Crippen LogP contribution in [0.1, 0.15) is 57.9 Å². The van der Waals surface area contributed by atoms with E-state index in [0.29, 0.717) is 61.7 Å². The summed E-state index contributed by atoms with van der Waals surface area (Å²) in [4.78, 5) is 39.8. The van der Waals surface area contributed by atoms with Crippen molar-refractivity contribution in [3.05, 3.63) is 34.2 Å². The molecule has 1 saturated heterocycles. The zero-order chi connectivity index (χ0) is 27.7. The van der Waals surface area contributed by atoms with Crippen LogP contribution < -0.4 is 16.4 Å². The summed E-state index contributed by atoms with van der Waals surface area (Å²) in [5.41, 5.74) is 6.70. The molecular formula is C26H31Cl2FN8O2. The monoisotopic (exact) mass is 576 g/mol. The van der Waals surface area contributed by atoms with Crippen LogP contribution in [0.2, 0.25) is 10.0 Å². The van der Waals surface area contributed by atoms with Crippen LogP contribution in [0.5, 0.6) is 0 Å². The number of hydrogen-bond acceptors (Lipinski definition) is 7. The number of primary amides is 1. The first-order valence-corrected chi connectivity index (χ1v) is 14.0. The van der Waals surface area contributed by atoms with Gasteiger partial charge in [-0.3, -0.25) is 14.2 Å². The minimum Gasteiger partial charge on any atom is -0.369 e. The highest BCUT2D eigenvalue weighted by Gasteiger charge is 2.30. The summed E-state index contributed by atoms with van der Waals surface area (Å²) in [6.07, 6.45) is 6.51. The van der Waals surface area contributed by atoms with Crippen LogP contribution in [0.25, 0.3) is 11.2 Å². The Bertz CT molecular complexity index is 1370. The van der Waals surface area contributed by atoms with Crippen LogP contribution in [-0.2, 0) is 9.59 Å². The van der Waals surface area contributed by atoms with Gasteiger partial charge in [-0.15, -0.1) is 0 Å². The number of nitrogens with two attached hydrogens (primary N) is 1. The van der Waals surface area contributed by atoms with Crippen molar-refractivity contribution in [3.63, 3.8) is 0 Å². The van der Waals surface area contributed by atoms with Crippen LogP contribution in [0.4, 0.5) is 22.0 Å². The molecule has 1 saturated carbocycles. The number of imidazole rings is 1. The molecule has 1 unspecified atom stereocenters. The van der Waals surface area contributed by atoms with Crippen LogP contribution in [0.3, 0.4) is 0 Å². The Balaban J connectivity index is 1.48. The van der Waals surface area contributed by atoms with Crippen molar-refractivity contribution >= 4 is 63.8 Å². The fraction of sp³-hybridized carbons (Fsp3) is 0.500. The Morgan fingerprint density at radius 3 is 2.62 bits per heavy atom. The van der Waals surface area contributed by atoms with Crippen molar-refractivity contribution in [2.75, 3.05) is 23.7 Å². The van der Waals surface area contributed by atoms with E-state index in [-0.39, 0.29) is 45.5 Å². The summed E-state index contributed by atoms with van der Waals surface area (Å²) < 4.78 is 16.7. The lowest BCUT2D eigenvalue weighted by Gasteiger charge is -2.33. The quantitative estimate of drug-likeness (QED) is 0.358. The van der Waals surface area contributed by atoms with Crippen molar-refractivity contribution in [2.24, 2.45) is 11.7 Å². The number of carbonyl (C=O) groups is 2. The average molecular weight is 577 g/mol. The first-order valence-electron chi connectivity index (χ1n) is 13.2. The number of likely N-dealkylation sites (tertiary alicyclic amines) is 1. The summed E-state index contributed by atoms with van der Waals surface area (Å²) in [5, 5.41) is 6.73. The Hall–Kier alpha value is -3.18. The highest BCUT2D eigenvalue weighted by Crippen LogP contribution is 2.38. The van der Waals surface area contributed by atoms with Gasteiger partial charge in [0, 0.05) is 42.5 Å². The largest absolute Gasteiger partial charge is 0.369 e. The molecular weight excluding hydrogens is 546 g/mol. The molecule has 1 aliphatic heterocycles. The van der Waals surface area contributed by atoms with Gasteiger partial charge in [-0.1, -0.05) is 30.1 Å². The van der Waals surface area contributed by atoms with Gasteiger partial charge in [-0.2, -0.15) is 4.98 Å². The molecule has 10 nitrogen and oxygen atoms in total. The second-order valence-electron chi connectivity index (χ2n) is 10.2. The molecule has 1 atom stereocenters. The Morgan fingerprint density at radius 2 is 1.92 bits per heavy atom. The Morgan fingerprint density at radius 1 is 1.15 bits per heavy atom. The number of anilines is 3. The summed E-state index contributed by atoms with van der Waals surface area (Å²) >= 11 is 12.3. The molecule has 208 valence electrons. The fourth-order valence-corrected chi connectivity index (χ4v) is 6.03. The molecule has 2 fully saturated rings. The maximum absolute atomic E-state index is 14.8. The zero-order valence-electron chi connectivity index (χ0n) is 21.6. The second kappa shape index (κ2) is 11.5. The normalized spacial score (nSPS) is 21.6. The van der Waals surface area contributed by atoms with Crippen LogP contribution >= 0.6 is 23.2 Å². The van der Waals surface area contributed by atoms with Crippen LogP contribution in [-0.4, -0.2) is 55.4 Å². The predicted molar refractivity (Wildman–Crippen MR) is 149 cm³/mol. The maximum atomic E-state index is 14.8. The fourth-order valence-electron chi connectivity index (χ4n) is 5.51. The number of aromatic nitrogens is 4. The van der Waals surface area contributed by atoms with Gasteiger partial charge in [0.1, 0.15) is 11.3 Å². The van der Waals surface area contributed by atoms with Crippen molar-refractivity contribution in [1.82, 2.24) is 24.4 Å². The van der Waals surface area contributed by atoms with E-state index in [1.54, 1.807) is 6.20 Å². The lowest BCUT2D eigenvalue weighted by atomic mass is 9.85. The molecule has 1 aromatic carbocycles. The van der Waals surface area contributed by atoms with E-state index < -0.39 is 5.82 Å². The SMILES string of the molecule is CCC(=O)N1CCCC(Nc2ncc3nc(Nc4c(F)cc(Cl)cc4Cl)n(C4CCC(C(N)=O)CC4)c3n2)C1. The molecule has 3 heterocycles. The number of halogens is 3. The predicted octanol–water partition coefficient (Wildman–Crippen LogP) is 5.05. The molecule has 3 aromatic rings. The van der Waals surface area contributed by atoms with E-state index in [0.717, 1.165) is 19.4 Å². The number of benzene rings is 1. The van der Waals surface area contributed by atoms with Gasteiger partial charge >= 0.3 is 0 Å². The summed E-state index contributed by atoms with van der Waals surface area (Å²) in [5.74, 6) is -0.171. The number of nitrogens with zero attached hydrogens (tertiary/aromatic N) is 5. The van der Waals surface area contributed by atoms with Gasteiger partial charge in [0.05, 0.1) is 16.9 Å². The number of fused-ring (bicyclic) bond motifs is 1. The first kappa shape index (κ1) is 27.4. The molecule has 0 bridgehead atoms. The van der Waals surface area contributed by atoms with E-state index in [9.17, 15) is 14.0 Å². The van der Waals surface area contributed by atoms with E-state index in [1.165, 1.54) is 12.1 Å². The maximum Gasteiger partial charge on any atom is 0.225 e. The number of nitrogens with one attached hydrogen (secondary N) is 2. The van der Waals surface area contributed by atoms with Crippen LogP contribution in [0, 0.1) is 11.7 Å². The molecule has 2 amide bonds. The number of carbonyl (C=O) groups excluding carboxylic acids is 2. The van der Waals surface area contributed by atoms with Crippen molar-refractivity contribution < 1.29 is 14.0 Å². The molecule has 39 heavy (non-hydrogen) atoms. The molecule has 0 spiro atoms. The van der Waals surface area contributed by atoms with Gasteiger partial charge in [0.25, 0.3) is 0 Å². The van der Waals surface area contributed by atoms with Gasteiger partial charge in [0.15, 0.2) is 5.65 Å². The second-order valence-corrected chi connectivity index (χ2v) is 11.0. The number of piperidine rings is 1. The Kier molecular flexibility index (Phi) is 8.08. The summed E-state index contributed by atoms with van der Waals surface area (Å²) in [7, 11) is 0. The molecule has 13 heteroatoms. The van der Waals surface area contributed by atoms with E-state index >= 15 is 0 Å². The minimum absolute atomic E-state index is 0.0219. The Labute approximate surface area is 235 Å². The minimum atomic E-state index is -0.611. The van der Waals surface area contributed by atoms with Gasteiger partial charge < -0.3 is 21.3 Å². The van der Waals surface area contributed by atoms with Gasteiger partial charge in [0.2, 0.25) is 23.7 Å². The molecule has 2 aromatic heterocycles. The third kappa shape index (κ3) is 5.89. The van der Waals surface area contributed by atoms with E-state index in [2.05, 4.69) is 20.6 Å². The molecule has 0 radical (unpaired) electrons. The van der Waals surface area contributed by atoms with Crippen molar-refractivity contribution in [3.8, 4) is 0 Å². The van der Waals surface area contributed by atoms with Crippen molar-refractivity contribution in [2.45, 2.75) is 64.0 Å². The molecule has 4 N–H and O–H groups in total. The van der Waals surface area contributed by atoms with E-state index in [1.807, 2.05) is 16.4 Å². The molecule has 5 rings (SSSR count). The van der Waals surface area contributed by atoms with Crippen molar-refractivity contribution in [1.29, 1.82) is 0 Å². The number of hydrogen-bond donors (Lipinski definition) is 3. The zero-order valence-corrected chi connectivity index (χ0v) is 23.1. The summed E-state index contributed by atoms with van der Waals surface area (Å²) in [6, 6.07) is 2.60. The molecule has 1 aliphatic carbocycles. The van der Waals surface area contributed by atoms with Gasteiger partial charge in [-0.05, 0) is 50.7 Å². The number of rotatable bonds is 7. The van der Waals surface area contributed by atoms with Crippen LogP contribution in [0.15, 0.2) is 18.3 Å². The third-order valence-corrected chi connectivity index (χ3v) is 8.07. The lowest BCUT2D eigenvalue weighted by Crippen LogP contribution is -2.45. The lowest BCUT2D eigenvalue weighted by molar-refractivity contribution is -0.131. The smallest absolute Gasteiger partial charge is 0.225 e.